The highest BCUT2D eigenvalue weighted by Gasteiger charge is 2.86. The lowest BCUT2D eigenvalue weighted by Crippen LogP contribution is -2.85. The van der Waals surface area contributed by atoms with Crippen LogP contribution in [0.5, 0.6) is 0 Å². The van der Waals surface area contributed by atoms with Gasteiger partial charge in [-0.15, -0.1) is 0 Å². The van der Waals surface area contributed by atoms with E-state index in [1.54, 1.807) is 6.07 Å². The van der Waals surface area contributed by atoms with Gasteiger partial charge >= 0.3 is 0 Å². The van der Waals surface area contributed by atoms with E-state index >= 15 is 0 Å². The number of pyridine rings is 2. The van der Waals surface area contributed by atoms with Crippen LogP contribution < -0.4 is 26.4 Å². The number of aromatic amines is 1. The second kappa shape index (κ2) is 13.7. The standard InChI is InChI=1S/C42H54N8O3/c1-25(2)47-36-17-29(16-33(34(36)22-43)39(52)46-24-35-26(3)15-27(4)48-40(35)53)28-5-6-37(45-23-28)50-13-11-49(12-14-50)10-9-44-38(51)7-8-41-20-31-18-30-19-32(21-41)42(30,31)41/h5-6,15-17,22-23,25,30-32,43,47H,7-14,18-21,24H2,1-4H3,(H,44,51)(H,46,52)(H,48,53). The van der Waals surface area contributed by atoms with Crippen molar-refractivity contribution in [1.29, 1.82) is 5.41 Å². The minimum absolute atomic E-state index is 0.0785. The maximum absolute atomic E-state index is 13.6. The molecule has 1 aromatic carbocycles. The zero-order valence-corrected chi connectivity index (χ0v) is 31.6. The highest BCUT2D eigenvalue weighted by molar-refractivity contribution is 6.06. The number of anilines is 2. The quantitative estimate of drug-likeness (QED) is 0.143. The number of benzene rings is 1. The molecule has 1 saturated heterocycles. The van der Waals surface area contributed by atoms with Gasteiger partial charge < -0.3 is 31.2 Å². The van der Waals surface area contributed by atoms with Gasteiger partial charge in [-0.2, -0.15) is 0 Å². The molecule has 5 N–H and O–H groups in total. The van der Waals surface area contributed by atoms with Crippen LogP contribution in [0.15, 0.2) is 41.3 Å². The van der Waals surface area contributed by atoms with E-state index in [1.807, 2.05) is 58.2 Å². The molecule has 2 amide bonds. The van der Waals surface area contributed by atoms with Crippen LogP contribution >= 0.6 is 0 Å². The van der Waals surface area contributed by atoms with Gasteiger partial charge in [0, 0.05) is 98.8 Å². The van der Waals surface area contributed by atoms with Crippen molar-refractivity contribution in [2.75, 3.05) is 49.5 Å². The van der Waals surface area contributed by atoms with Crippen LogP contribution in [-0.4, -0.2) is 78.2 Å². The number of carbonyl (C=O) groups is 2. The highest BCUT2D eigenvalue weighted by atomic mass is 16.2. The Kier molecular flexibility index (Phi) is 9.19. The minimum atomic E-state index is -0.360. The van der Waals surface area contributed by atoms with Gasteiger partial charge in [0.15, 0.2) is 0 Å². The first-order valence-corrected chi connectivity index (χ1v) is 19.6. The summed E-state index contributed by atoms with van der Waals surface area (Å²) in [6.45, 7) is 12.9. The fourth-order valence-electron chi connectivity index (χ4n) is 11.3. The van der Waals surface area contributed by atoms with Crippen LogP contribution in [0.25, 0.3) is 11.1 Å². The topological polar surface area (TPSA) is 146 Å². The van der Waals surface area contributed by atoms with E-state index in [1.165, 1.54) is 31.9 Å². The van der Waals surface area contributed by atoms with Crippen LogP contribution in [-0.2, 0) is 11.3 Å². The number of hydrogen-bond acceptors (Lipinski definition) is 8. The van der Waals surface area contributed by atoms with Crippen molar-refractivity contribution in [3.05, 3.63) is 74.8 Å². The van der Waals surface area contributed by atoms with E-state index in [0.29, 0.717) is 46.2 Å². The Morgan fingerprint density at radius 3 is 2.40 bits per heavy atom. The monoisotopic (exact) mass is 718 g/mol. The Morgan fingerprint density at radius 1 is 1.02 bits per heavy atom. The normalized spacial score (nSPS) is 26.6. The van der Waals surface area contributed by atoms with Crippen LogP contribution in [0.1, 0.15) is 85.1 Å². The molecule has 11 nitrogen and oxygen atoms in total. The average molecular weight is 719 g/mol. The van der Waals surface area contributed by atoms with E-state index in [9.17, 15) is 14.4 Å². The van der Waals surface area contributed by atoms with E-state index in [2.05, 4.69) is 30.7 Å². The van der Waals surface area contributed by atoms with Gasteiger partial charge in [-0.05, 0) is 130 Å². The molecule has 0 bridgehead atoms. The van der Waals surface area contributed by atoms with Crippen LogP contribution in [0.2, 0.25) is 0 Å². The number of hydrogen-bond donors (Lipinski definition) is 5. The first kappa shape index (κ1) is 35.5. The van der Waals surface area contributed by atoms with Crippen molar-refractivity contribution in [2.45, 2.75) is 78.8 Å². The van der Waals surface area contributed by atoms with Gasteiger partial charge in [0.05, 0.1) is 5.56 Å². The molecular formula is C42H54N8O3. The van der Waals surface area contributed by atoms with Gasteiger partial charge in [0.2, 0.25) is 5.91 Å². The number of piperazine rings is 1. The van der Waals surface area contributed by atoms with Crippen LogP contribution in [0.4, 0.5) is 11.5 Å². The molecule has 4 aliphatic carbocycles. The Bertz CT molecular complexity index is 1950. The fourth-order valence-corrected chi connectivity index (χ4v) is 11.3. The zero-order valence-electron chi connectivity index (χ0n) is 31.6. The van der Waals surface area contributed by atoms with Crippen LogP contribution in [0.3, 0.4) is 0 Å². The predicted molar refractivity (Wildman–Crippen MR) is 209 cm³/mol. The lowest BCUT2D eigenvalue weighted by atomic mass is 9.13. The minimum Gasteiger partial charge on any atom is -0.382 e. The zero-order chi connectivity index (χ0) is 37.1. The first-order valence-electron chi connectivity index (χ1n) is 19.6. The molecule has 4 saturated carbocycles. The van der Waals surface area contributed by atoms with Gasteiger partial charge in [-0.1, -0.05) is 0 Å². The highest BCUT2D eigenvalue weighted by Crippen LogP contribution is 2.93. The summed E-state index contributed by atoms with van der Waals surface area (Å²) in [5.74, 6) is 3.78. The number of nitrogens with one attached hydrogen (secondary N) is 5. The molecule has 5 fully saturated rings. The molecule has 2 unspecified atom stereocenters. The molecule has 5 aliphatic rings. The molecule has 280 valence electrons. The Morgan fingerprint density at radius 2 is 1.77 bits per heavy atom. The first-order chi connectivity index (χ1) is 25.5. The summed E-state index contributed by atoms with van der Waals surface area (Å²) < 4.78 is 0. The molecular weight excluding hydrogens is 665 g/mol. The summed E-state index contributed by atoms with van der Waals surface area (Å²) >= 11 is 0. The average Bonchev–Trinajstić information content (AvgIpc) is 3.09. The largest absolute Gasteiger partial charge is 0.382 e. The maximum Gasteiger partial charge on any atom is 0.253 e. The van der Waals surface area contributed by atoms with Gasteiger partial charge in [0.25, 0.3) is 11.5 Å². The lowest BCUT2D eigenvalue weighted by molar-refractivity contribution is -0.433. The molecule has 2 atom stereocenters. The summed E-state index contributed by atoms with van der Waals surface area (Å²) in [6, 6.07) is 9.78. The predicted octanol–water partition coefficient (Wildman–Crippen LogP) is 5.26. The Hall–Kier alpha value is -4.51. The van der Waals surface area contributed by atoms with E-state index < -0.39 is 0 Å². The Balaban J connectivity index is 0.852. The maximum atomic E-state index is 13.6. The van der Waals surface area contributed by atoms with E-state index in [-0.39, 0.29) is 30.0 Å². The van der Waals surface area contributed by atoms with Crippen molar-refractivity contribution in [2.24, 2.45) is 28.6 Å². The van der Waals surface area contributed by atoms with Crippen molar-refractivity contribution in [1.82, 2.24) is 25.5 Å². The molecule has 8 rings (SSSR count). The molecule has 53 heavy (non-hydrogen) atoms. The van der Waals surface area contributed by atoms with Gasteiger partial charge in [-0.25, -0.2) is 4.98 Å². The summed E-state index contributed by atoms with van der Waals surface area (Å²) in [7, 11) is 0. The van der Waals surface area contributed by atoms with Gasteiger partial charge in [0.1, 0.15) is 5.82 Å². The van der Waals surface area contributed by atoms with Crippen molar-refractivity contribution >= 4 is 29.5 Å². The number of amides is 2. The van der Waals surface area contributed by atoms with Crippen molar-refractivity contribution < 1.29 is 9.59 Å². The number of nitrogens with zero attached hydrogens (tertiary/aromatic N) is 3. The molecule has 3 heterocycles. The lowest BCUT2D eigenvalue weighted by Gasteiger charge is -2.91. The molecule has 2 aromatic heterocycles. The smallest absolute Gasteiger partial charge is 0.253 e. The molecule has 3 aromatic rings. The fraction of sp³-hybridized carbons (Fsp3) is 0.548. The number of carbonyl (C=O) groups excluding carboxylic acids is 2. The summed E-state index contributed by atoms with van der Waals surface area (Å²) in [4.78, 5) is 51.3. The van der Waals surface area contributed by atoms with Crippen molar-refractivity contribution in [3.8, 4) is 11.1 Å². The molecule has 11 heteroatoms. The van der Waals surface area contributed by atoms with Gasteiger partial charge in [-0.3, -0.25) is 19.3 Å². The summed E-state index contributed by atoms with van der Waals surface area (Å²) in [5.41, 5.74) is 6.31. The number of rotatable bonds is 14. The SMILES string of the molecule is Cc1cc(C)c(CNC(=O)c2cc(-c3ccc(N4CCN(CCNC(=O)CCC56CC7CC8CC(C5)C876)CC4)nc3)cc(NC(C)C)c2C=N)c(=O)[nH]1. The third-order valence-electron chi connectivity index (χ3n) is 13.6. The van der Waals surface area contributed by atoms with Crippen LogP contribution in [0, 0.1) is 47.8 Å². The third kappa shape index (κ3) is 6.05. The number of H-pyrrole nitrogens is 1. The molecule has 0 radical (unpaired) electrons. The summed E-state index contributed by atoms with van der Waals surface area (Å²) in [5, 5.41) is 17.7. The third-order valence-corrected chi connectivity index (χ3v) is 13.6. The summed E-state index contributed by atoms with van der Waals surface area (Å²) in [6.07, 6.45) is 10.6. The van der Waals surface area contributed by atoms with E-state index in [0.717, 1.165) is 85.1 Å². The molecule has 1 spiro atoms. The number of aryl methyl sites for hydroxylation is 2. The molecule has 1 aliphatic heterocycles. The van der Waals surface area contributed by atoms with E-state index in [4.69, 9.17) is 10.4 Å². The van der Waals surface area contributed by atoms with Crippen molar-refractivity contribution in [3.63, 3.8) is 0 Å². The number of aromatic nitrogens is 2. The second-order valence-electron chi connectivity index (χ2n) is 16.8. The second-order valence-corrected chi connectivity index (χ2v) is 16.8. The Labute approximate surface area is 312 Å².